The first kappa shape index (κ1) is 18.2. The summed E-state index contributed by atoms with van der Waals surface area (Å²) in [5.74, 6) is 0.830. The van der Waals surface area contributed by atoms with Crippen molar-refractivity contribution in [2.45, 2.75) is 31.3 Å². The quantitative estimate of drug-likeness (QED) is 0.522. The van der Waals surface area contributed by atoms with Gasteiger partial charge in [0.25, 0.3) is 5.91 Å². The Bertz CT molecular complexity index is 1040. The van der Waals surface area contributed by atoms with Gasteiger partial charge in [0.1, 0.15) is 0 Å². The number of rotatable bonds is 4. The smallest absolute Gasteiger partial charge is 0.253 e. The zero-order valence-electron chi connectivity index (χ0n) is 16.3. The van der Waals surface area contributed by atoms with Gasteiger partial charge in [-0.2, -0.15) is 0 Å². The van der Waals surface area contributed by atoms with E-state index < -0.39 is 0 Å². The normalized spacial score (nSPS) is 23.0. The Morgan fingerprint density at radius 3 is 2.76 bits per heavy atom. The third kappa shape index (κ3) is 3.28. The molecule has 0 saturated heterocycles. The largest absolute Gasteiger partial charge is 0.376 e. The molecule has 2 N–H and O–H groups in total. The van der Waals surface area contributed by atoms with Crippen molar-refractivity contribution in [2.75, 3.05) is 5.32 Å². The Balaban J connectivity index is 1.48. The van der Waals surface area contributed by atoms with E-state index in [2.05, 4.69) is 46.4 Å². The molecule has 0 saturated carbocycles. The van der Waals surface area contributed by atoms with Gasteiger partial charge in [-0.05, 0) is 47.9 Å². The summed E-state index contributed by atoms with van der Waals surface area (Å²) in [4.78, 5) is 14.6. The molecule has 2 aromatic carbocycles. The molecule has 1 aliphatic heterocycles. The maximum Gasteiger partial charge on any atom is 0.253 e. The predicted molar refractivity (Wildman–Crippen MR) is 119 cm³/mol. The summed E-state index contributed by atoms with van der Waals surface area (Å²) in [6, 6.07) is 20.7. The molecule has 4 heteroatoms. The van der Waals surface area contributed by atoms with Crippen molar-refractivity contribution in [2.24, 2.45) is 5.92 Å². The molecule has 2 heterocycles. The van der Waals surface area contributed by atoms with Gasteiger partial charge in [0.2, 0.25) is 0 Å². The first-order valence-electron chi connectivity index (χ1n) is 10.2. The lowest BCUT2D eigenvalue weighted by atomic mass is 9.78. The van der Waals surface area contributed by atoms with E-state index in [0.717, 1.165) is 23.2 Å². The summed E-state index contributed by atoms with van der Waals surface area (Å²) < 4.78 is 0. The van der Waals surface area contributed by atoms with E-state index in [0.29, 0.717) is 11.8 Å². The van der Waals surface area contributed by atoms with E-state index in [1.807, 2.05) is 49.4 Å². The van der Waals surface area contributed by atoms with Crippen molar-refractivity contribution < 1.29 is 4.79 Å². The van der Waals surface area contributed by atoms with Gasteiger partial charge < -0.3 is 10.6 Å². The zero-order valence-corrected chi connectivity index (χ0v) is 17.2. The van der Waals surface area contributed by atoms with E-state index in [1.54, 1.807) is 11.3 Å². The van der Waals surface area contributed by atoms with Gasteiger partial charge in [0.15, 0.2) is 0 Å². The fourth-order valence-electron chi connectivity index (χ4n) is 4.66. The molecule has 4 atom stereocenters. The molecule has 3 aromatic rings. The number of fused-ring (bicyclic) bond motifs is 3. The van der Waals surface area contributed by atoms with Crippen LogP contribution >= 0.6 is 11.3 Å². The molecule has 2 aliphatic rings. The Labute approximate surface area is 175 Å². The Kier molecular flexibility index (Phi) is 4.72. The highest BCUT2D eigenvalue weighted by molar-refractivity contribution is 7.10. The van der Waals surface area contributed by atoms with Crippen LogP contribution in [-0.4, -0.2) is 5.91 Å². The number of thiophene rings is 1. The average Bonchev–Trinajstić information content (AvgIpc) is 3.45. The lowest BCUT2D eigenvalue weighted by Gasteiger charge is -2.37. The molecule has 0 radical (unpaired) electrons. The summed E-state index contributed by atoms with van der Waals surface area (Å²) in [5, 5.41) is 9.05. The first-order chi connectivity index (χ1) is 14.2. The predicted octanol–water partition coefficient (Wildman–Crippen LogP) is 6.07. The van der Waals surface area contributed by atoms with Crippen LogP contribution in [0.2, 0.25) is 0 Å². The van der Waals surface area contributed by atoms with Crippen LogP contribution in [0, 0.1) is 5.92 Å². The Morgan fingerprint density at radius 1 is 1.10 bits per heavy atom. The van der Waals surface area contributed by atoms with Gasteiger partial charge in [0.05, 0.1) is 23.3 Å². The van der Waals surface area contributed by atoms with Gasteiger partial charge in [-0.3, -0.25) is 4.79 Å². The fourth-order valence-corrected chi connectivity index (χ4v) is 5.51. The fraction of sp³-hybridized carbons (Fsp3) is 0.240. The molecule has 1 amide bonds. The second-order valence-corrected chi connectivity index (χ2v) is 8.85. The summed E-state index contributed by atoms with van der Waals surface area (Å²) in [6.45, 7) is 2.03. The number of carbonyl (C=O) groups excluding carboxylic acids is 1. The number of amides is 1. The van der Waals surface area contributed by atoms with Crippen LogP contribution in [0.1, 0.15) is 57.7 Å². The zero-order chi connectivity index (χ0) is 19.8. The van der Waals surface area contributed by atoms with Crippen LogP contribution in [0.3, 0.4) is 0 Å². The highest BCUT2D eigenvalue weighted by Crippen LogP contribution is 2.51. The van der Waals surface area contributed by atoms with Gasteiger partial charge in [-0.15, -0.1) is 11.3 Å². The molecule has 3 nitrogen and oxygen atoms in total. The van der Waals surface area contributed by atoms with Crippen molar-refractivity contribution in [3.8, 4) is 0 Å². The molecule has 5 rings (SSSR count). The minimum atomic E-state index is -0.0460. The number of benzene rings is 2. The molecule has 1 aromatic heterocycles. The van der Waals surface area contributed by atoms with Crippen LogP contribution in [0.15, 0.2) is 78.2 Å². The van der Waals surface area contributed by atoms with Crippen molar-refractivity contribution in [1.82, 2.24) is 5.32 Å². The molecule has 29 heavy (non-hydrogen) atoms. The van der Waals surface area contributed by atoms with Crippen LogP contribution in [-0.2, 0) is 0 Å². The Morgan fingerprint density at radius 2 is 1.97 bits per heavy atom. The molecule has 0 fully saturated rings. The number of allylic oxidation sites excluding steroid dienone is 2. The van der Waals surface area contributed by atoms with Crippen molar-refractivity contribution >= 4 is 22.9 Å². The van der Waals surface area contributed by atoms with Gasteiger partial charge in [0, 0.05) is 10.8 Å². The molecule has 0 spiro atoms. The molecular weight excluding hydrogens is 376 g/mol. The van der Waals surface area contributed by atoms with Gasteiger partial charge >= 0.3 is 0 Å². The SMILES string of the molecule is CC(NC(=O)c1cccc2c1NC(c1cccs1)C1CC=CC21)c1ccccc1. The molecule has 146 valence electrons. The van der Waals surface area contributed by atoms with Crippen molar-refractivity contribution in [1.29, 1.82) is 0 Å². The second-order valence-electron chi connectivity index (χ2n) is 7.87. The highest BCUT2D eigenvalue weighted by atomic mass is 32.1. The van der Waals surface area contributed by atoms with Crippen LogP contribution < -0.4 is 10.6 Å². The van der Waals surface area contributed by atoms with Crippen LogP contribution in [0.25, 0.3) is 0 Å². The maximum atomic E-state index is 13.2. The van der Waals surface area contributed by atoms with Gasteiger partial charge in [-0.25, -0.2) is 0 Å². The Hall–Kier alpha value is -2.85. The summed E-state index contributed by atoms with van der Waals surface area (Å²) in [7, 11) is 0. The summed E-state index contributed by atoms with van der Waals surface area (Å²) >= 11 is 1.78. The lowest BCUT2D eigenvalue weighted by Crippen LogP contribution is -2.32. The topological polar surface area (TPSA) is 41.1 Å². The summed E-state index contributed by atoms with van der Waals surface area (Å²) in [5.41, 5.74) is 4.05. The van der Waals surface area contributed by atoms with Crippen molar-refractivity contribution in [3.63, 3.8) is 0 Å². The number of nitrogens with one attached hydrogen (secondary N) is 2. The van der Waals surface area contributed by atoms with E-state index in [1.165, 1.54) is 10.4 Å². The third-order valence-electron chi connectivity index (χ3n) is 6.14. The molecule has 4 unspecified atom stereocenters. The van der Waals surface area contributed by atoms with Crippen molar-refractivity contribution in [3.05, 3.63) is 99.8 Å². The minimum absolute atomic E-state index is 0.0314. The monoisotopic (exact) mass is 400 g/mol. The lowest BCUT2D eigenvalue weighted by molar-refractivity contribution is 0.0940. The molecule has 1 aliphatic carbocycles. The van der Waals surface area contributed by atoms with Crippen LogP contribution in [0.5, 0.6) is 0 Å². The van der Waals surface area contributed by atoms with E-state index in [9.17, 15) is 4.79 Å². The van der Waals surface area contributed by atoms with Crippen LogP contribution in [0.4, 0.5) is 5.69 Å². The van der Waals surface area contributed by atoms with Gasteiger partial charge in [-0.1, -0.05) is 60.7 Å². The number of hydrogen-bond donors (Lipinski definition) is 2. The third-order valence-corrected chi connectivity index (χ3v) is 7.09. The average molecular weight is 401 g/mol. The highest BCUT2D eigenvalue weighted by Gasteiger charge is 2.39. The second kappa shape index (κ2) is 7.53. The number of hydrogen-bond acceptors (Lipinski definition) is 3. The molecule has 0 bridgehead atoms. The number of anilines is 1. The van der Waals surface area contributed by atoms with E-state index in [4.69, 9.17) is 0 Å². The number of para-hydroxylation sites is 1. The maximum absolute atomic E-state index is 13.2. The number of carbonyl (C=O) groups is 1. The standard InChI is InChI=1S/C25H24N2OS/c1-16(17-8-3-2-4-9-17)26-25(28)21-13-6-11-19-18-10-5-12-20(18)24(27-23(19)21)22-14-7-15-29-22/h2-11,13-16,18,20,24,27H,12H2,1H3,(H,26,28). The minimum Gasteiger partial charge on any atom is -0.376 e. The van der Waals surface area contributed by atoms with E-state index in [-0.39, 0.29) is 18.0 Å². The van der Waals surface area contributed by atoms with E-state index >= 15 is 0 Å². The summed E-state index contributed by atoms with van der Waals surface area (Å²) in [6.07, 6.45) is 5.68. The molecular formula is C25H24N2OS. The first-order valence-corrected chi connectivity index (χ1v) is 11.1.